The number of aliphatic hydroxyl groups excluding tert-OH is 2. The first-order chi connectivity index (χ1) is 9.15. The Morgan fingerprint density at radius 2 is 1.89 bits per heavy atom. The molecule has 5 heteroatoms. The van der Waals surface area contributed by atoms with E-state index >= 15 is 0 Å². The van der Waals surface area contributed by atoms with Gasteiger partial charge in [-0.05, 0) is 25.0 Å². The van der Waals surface area contributed by atoms with Gasteiger partial charge < -0.3 is 20.4 Å². The fraction of sp³-hybridized carbons (Fsp3) is 0.571. The maximum Gasteiger partial charge on any atom is 0.129 e. The minimum atomic E-state index is -0.757. The smallest absolute Gasteiger partial charge is 0.129 e. The van der Waals surface area contributed by atoms with Crippen LogP contribution in [-0.4, -0.2) is 41.6 Å². The molecule has 2 unspecified atom stereocenters. The number of anilines is 1. The molecule has 0 bridgehead atoms. The van der Waals surface area contributed by atoms with E-state index < -0.39 is 12.2 Å². The lowest BCUT2D eigenvalue weighted by Gasteiger charge is -2.22. The molecule has 1 saturated heterocycles. The van der Waals surface area contributed by atoms with Crippen LogP contribution in [0.3, 0.4) is 0 Å². The predicted octanol–water partition coefficient (Wildman–Crippen LogP) is 0.619. The van der Waals surface area contributed by atoms with Crippen molar-refractivity contribution in [2.75, 3.05) is 18.0 Å². The first kappa shape index (κ1) is 12.8. The molecule has 1 aliphatic carbocycles. The fourth-order valence-electron chi connectivity index (χ4n) is 2.52. The Bertz CT molecular complexity index is 455. The van der Waals surface area contributed by atoms with E-state index in [1.54, 1.807) is 6.07 Å². The molecule has 0 aromatic heterocycles. The van der Waals surface area contributed by atoms with Crippen LogP contribution in [0.5, 0.6) is 0 Å². The van der Waals surface area contributed by atoms with Gasteiger partial charge in [0.15, 0.2) is 0 Å². The number of nitrogens with one attached hydrogen (secondary N) is 1. The Morgan fingerprint density at radius 3 is 2.53 bits per heavy atom. The van der Waals surface area contributed by atoms with Crippen LogP contribution in [0.2, 0.25) is 0 Å². The molecule has 1 aliphatic heterocycles. The van der Waals surface area contributed by atoms with Gasteiger partial charge in [0, 0.05) is 36.9 Å². The van der Waals surface area contributed by atoms with Crippen molar-refractivity contribution in [3.63, 3.8) is 0 Å². The SMILES string of the molecule is OC1CN(c2cccc(F)c2CNC2CC2)CC1O. The summed E-state index contributed by atoms with van der Waals surface area (Å²) in [6.45, 7) is 1.19. The largest absolute Gasteiger partial charge is 0.389 e. The van der Waals surface area contributed by atoms with Crippen LogP contribution in [0.4, 0.5) is 10.1 Å². The summed E-state index contributed by atoms with van der Waals surface area (Å²) in [6, 6.07) is 5.48. The normalized spacial score (nSPS) is 27.0. The van der Waals surface area contributed by atoms with Crippen LogP contribution >= 0.6 is 0 Å². The van der Waals surface area contributed by atoms with Gasteiger partial charge in [0.2, 0.25) is 0 Å². The second kappa shape index (κ2) is 5.07. The van der Waals surface area contributed by atoms with E-state index in [9.17, 15) is 14.6 Å². The maximum absolute atomic E-state index is 14.0. The fourth-order valence-corrected chi connectivity index (χ4v) is 2.52. The van der Waals surface area contributed by atoms with Gasteiger partial charge in [-0.25, -0.2) is 4.39 Å². The lowest BCUT2D eigenvalue weighted by molar-refractivity contribution is 0.0572. The number of hydrogen-bond donors (Lipinski definition) is 3. The van der Waals surface area contributed by atoms with Crippen molar-refractivity contribution in [3.8, 4) is 0 Å². The zero-order valence-corrected chi connectivity index (χ0v) is 10.7. The van der Waals surface area contributed by atoms with Crippen LogP contribution < -0.4 is 10.2 Å². The third-order valence-corrected chi connectivity index (χ3v) is 3.84. The Morgan fingerprint density at radius 1 is 1.21 bits per heavy atom. The zero-order chi connectivity index (χ0) is 13.4. The number of β-amino-alcohol motifs (C(OH)–C–C–N with tert-alkyl or cyclic N) is 2. The highest BCUT2D eigenvalue weighted by atomic mass is 19.1. The molecule has 2 fully saturated rings. The van der Waals surface area contributed by atoms with E-state index in [1.807, 2.05) is 11.0 Å². The topological polar surface area (TPSA) is 55.7 Å². The molecule has 3 N–H and O–H groups in total. The summed E-state index contributed by atoms with van der Waals surface area (Å²) >= 11 is 0. The summed E-state index contributed by atoms with van der Waals surface area (Å²) < 4.78 is 14.0. The molecule has 1 aromatic rings. The van der Waals surface area contributed by atoms with Crippen molar-refractivity contribution in [1.29, 1.82) is 0 Å². The summed E-state index contributed by atoms with van der Waals surface area (Å²) in [6.07, 6.45) is 0.801. The van der Waals surface area contributed by atoms with Gasteiger partial charge >= 0.3 is 0 Å². The van der Waals surface area contributed by atoms with Gasteiger partial charge in [0.1, 0.15) is 5.82 Å². The average Bonchev–Trinajstić information content (AvgIpc) is 3.14. The van der Waals surface area contributed by atoms with Crippen LogP contribution in [0.25, 0.3) is 0 Å². The van der Waals surface area contributed by atoms with Gasteiger partial charge in [-0.1, -0.05) is 6.07 Å². The highest BCUT2D eigenvalue weighted by Gasteiger charge is 2.31. The lowest BCUT2D eigenvalue weighted by Crippen LogP contribution is -2.25. The minimum Gasteiger partial charge on any atom is -0.389 e. The molecule has 2 atom stereocenters. The second-order valence-corrected chi connectivity index (χ2v) is 5.43. The number of hydrogen-bond acceptors (Lipinski definition) is 4. The van der Waals surface area contributed by atoms with Gasteiger partial charge in [-0.3, -0.25) is 0 Å². The molecule has 4 nitrogen and oxygen atoms in total. The van der Waals surface area contributed by atoms with E-state index in [0.717, 1.165) is 18.5 Å². The monoisotopic (exact) mass is 266 g/mol. The van der Waals surface area contributed by atoms with Gasteiger partial charge in [-0.15, -0.1) is 0 Å². The third-order valence-electron chi connectivity index (χ3n) is 3.84. The summed E-state index contributed by atoms with van der Waals surface area (Å²) in [4.78, 5) is 1.85. The van der Waals surface area contributed by atoms with E-state index in [2.05, 4.69) is 5.32 Å². The molecule has 0 amide bonds. The summed E-state index contributed by atoms with van der Waals surface area (Å²) in [5.41, 5.74) is 1.39. The van der Waals surface area contributed by atoms with Crippen LogP contribution in [0.15, 0.2) is 18.2 Å². The number of benzene rings is 1. The summed E-state index contributed by atoms with van der Waals surface area (Å²) in [7, 11) is 0. The highest BCUT2D eigenvalue weighted by Crippen LogP contribution is 2.28. The first-order valence-electron chi connectivity index (χ1n) is 6.77. The molecule has 0 radical (unpaired) electrons. The van der Waals surface area contributed by atoms with Crippen molar-refractivity contribution in [2.24, 2.45) is 0 Å². The molecular formula is C14H19FN2O2. The van der Waals surface area contributed by atoms with Crippen molar-refractivity contribution in [1.82, 2.24) is 5.32 Å². The number of nitrogens with zero attached hydrogens (tertiary/aromatic N) is 1. The van der Waals surface area contributed by atoms with Crippen molar-refractivity contribution in [3.05, 3.63) is 29.6 Å². The summed E-state index contributed by atoms with van der Waals surface area (Å²) in [5, 5.41) is 22.5. The van der Waals surface area contributed by atoms with Crippen molar-refractivity contribution < 1.29 is 14.6 Å². The standard InChI is InChI=1S/C14H19FN2O2/c15-11-2-1-3-12(10(11)6-16-9-4-5-9)17-7-13(18)14(19)8-17/h1-3,9,13-14,16,18-19H,4-8H2. The average molecular weight is 266 g/mol. The summed E-state index contributed by atoms with van der Waals surface area (Å²) in [5.74, 6) is -0.235. The van der Waals surface area contributed by atoms with Crippen LogP contribution in [0, 0.1) is 5.82 Å². The number of aliphatic hydroxyl groups is 2. The van der Waals surface area contributed by atoms with E-state index in [0.29, 0.717) is 31.2 Å². The van der Waals surface area contributed by atoms with Gasteiger partial charge in [-0.2, -0.15) is 0 Å². The molecule has 19 heavy (non-hydrogen) atoms. The van der Waals surface area contributed by atoms with Crippen molar-refractivity contribution >= 4 is 5.69 Å². The molecule has 1 aromatic carbocycles. The molecule has 2 aliphatic rings. The maximum atomic E-state index is 14.0. The molecule has 104 valence electrons. The molecular weight excluding hydrogens is 247 g/mol. The Kier molecular flexibility index (Phi) is 3.43. The Balaban J connectivity index is 1.80. The lowest BCUT2D eigenvalue weighted by atomic mass is 10.1. The molecule has 3 rings (SSSR count). The highest BCUT2D eigenvalue weighted by molar-refractivity contribution is 5.55. The first-order valence-corrected chi connectivity index (χ1v) is 6.77. The predicted molar refractivity (Wildman–Crippen MR) is 70.5 cm³/mol. The van der Waals surface area contributed by atoms with Gasteiger partial charge in [0.05, 0.1) is 12.2 Å². The number of rotatable bonds is 4. The van der Waals surface area contributed by atoms with E-state index in [1.165, 1.54) is 6.07 Å². The second-order valence-electron chi connectivity index (χ2n) is 5.43. The Hall–Kier alpha value is -1.17. The molecule has 1 saturated carbocycles. The van der Waals surface area contributed by atoms with Crippen molar-refractivity contribution in [2.45, 2.75) is 37.6 Å². The molecule has 1 heterocycles. The third kappa shape index (κ3) is 2.73. The molecule has 0 spiro atoms. The van der Waals surface area contributed by atoms with E-state index in [-0.39, 0.29) is 5.82 Å². The zero-order valence-electron chi connectivity index (χ0n) is 10.7. The van der Waals surface area contributed by atoms with E-state index in [4.69, 9.17) is 0 Å². The Labute approximate surface area is 111 Å². The minimum absolute atomic E-state index is 0.235. The van der Waals surface area contributed by atoms with Crippen LogP contribution in [-0.2, 0) is 6.54 Å². The van der Waals surface area contributed by atoms with Gasteiger partial charge in [0.25, 0.3) is 0 Å². The quantitative estimate of drug-likeness (QED) is 0.748. The number of halogens is 1. The van der Waals surface area contributed by atoms with Crippen LogP contribution in [0.1, 0.15) is 18.4 Å².